The maximum Gasteiger partial charge on any atom is 0.324 e. The molecule has 144 valence electrons. The molecule has 0 spiro atoms. The quantitative estimate of drug-likeness (QED) is 0.515. The highest BCUT2D eigenvalue weighted by atomic mass is 32.2. The fourth-order valence-corrected chi connectivity index (χ4v) is 4.49. The Morgan fingerprint density at radius 2 is 2.08 bits per heavy atom. The lowest BCUT2D eigenvalue weighted by Gasteiger charge is -2.35. The van der Waals surface area contributed by atoms with Crippen molar-refractivity contribution in [2.75, 3.05) is 17.6 Å². The van der Waals surface area contributed by atoms with Gasteiger partial charge in [-0.3, -0.25) is 10.1 Å². The molecule has 1 fully saturated rings. The predicted molar refractivity (Wildman–Crippen MR) is 107 cm³/mol. The Bertz CT molecular complexity index is 648. The molecule has 0 aromatic carbocycles. The Morgan fingerprint density at radius 3 is 2.69 bits per heavy atom. The lowest BCUT2D eigenvalue weighted by atomic mass is 9.86. The van der Waals surface area contributed by atoms with Gasteiger partial charge < -0.3 is 10.0 Å². The van der Waals surface area contributed by atoms with Crippen molar-refractivity contribution in [2.24, 2.45) is 5.92 Å². The summed E-state index contributed by atoms with van der Waals surface area (Å²) in [4.78, 5) is 29.6. The van der Waals surface area contributed by atoms with Gasteiger partial charge in [0.25, 0.3) is 0 Å². The first-order valence-electron chi connectivity index (χ1n) is 8.86. The number of thiazole rings is 1. The fraction of sp³-hybridized carbons (Fsp3) is 0.611. The zero-order valence-electron chi connectivity index (χ0n) is 15.5. The number of carboxylic acids is 1. The minimum atomic E-state index is -0.867. The number of hydrogen-bond donors (Lipinski definition) is 2. The van der Waals surface area contributed by atoms with Crippen LogP contribution in [0.1, 0.15) is 46.5 Å². The highest BCUT2D eigenvalue weighted by Crippen LogP contribution is 2.30. The Morgan fingerprint density at radius 1 is 1.38 bits per heavy atom. The predicted octanol–water partition coefficient (Wildman–Crippen LogP) is 4.70. The third kappa shape index (κ3) is 6.64. The summed E-state index contributed by atoms with van der Waals surface area (Å²) in [6.07, 6.45) is 8.04. The van der Waals surface area contributed by atoms with Crippen molar-refractivity contribution in [3.8, 4) is 0 Å². The van der Waals surface area contributed by atoms with Gasteiger partial charge in [0.1, 0.15) is 0 Å². The summed E-state index contributed by atoms with van der Waals surface area (Å²) in [6, 6.07) is 0.119. The second kappa shape index (κ2) is 9.97. The molecule has 1 aliphatic rings. The molecule has 0 aliphatic heterocycles. The van der Waals surface area contributed by atoms with Crippen molar-refractivity contribution >= 4 is 40.2 Å². The number of urea groups is 1. The lowest BCUT2D eigenvalue weighted by molar-refractivity contribution is -0.133. The number of aliphatic carboxylic acids is 1. The second-order valence-electron chi connectivity index (χ2n) is 6.94. The average Bonchev–Trinajstić information content (AvgIpc) is 3.02. The van der Waals surface area contributed by atoms with Crippen LogP contribution in [-0.2, 0) is 4.79 Å². The molecule has 0 radical (unpaired) electrons. The summed E-state index contributed by atoms with van der Waals surface area (Å²) in [5.41, 5.74) is 1.19. The first-order valence-corrected chi connectivity index (χ1v) is 10.7. The van der Waals surface area contributed by atoms with E-state index in [1.807, 2.05) is 18.7 Å². The van der Waals surface area contributed by atoms with Crippen LogP contribution >= 0.6 is 23.1 Å². The van der Waals surface area contributed by atoms with Crippen molar-refractivity contribution in [2.45, 2.75) is 56.7 Å². The van der Waals surface area contributed by atoms with Crippen LogP contribution in [-0.4, -0.2) is 45.3 Å². The summed E-state index contributed by atoms with van der Waals surface area (Å²) >= 11 is 2.52. The molecule has 2 amide bonds. The number of nitrogens with zero attached hydrogens (tertiary/aromatic N) is 2. The minimum Gasteiger partial charge on any atom is -0.481 e. The van der Waals surface area contributed by atoms with Crippen molar-refractivity contribution in [1.29, 1.82) is 0 Å². The van der Waals surface area contributed by atoms with Crippen LogP contribution < -0.4 is 5.32 Å². The van der Waals surface area contributed by atoms with Crippen LogP contribution in [0.3, 0.4) is 0 Å². The first kappa shape index (κ1) is 20.8. The van der Waals surface area contributed by atoms with E-state index in [1.165, 1.54) is 28.7 Å². The molecule has 0 unspecified atom stereocenters. The number of carbonyl (C=O) groups is 2. The molecule has 1 aliphatic carbocycles. The molecule has 1 aromatic heterocycles. The van der Waals surface area contributed by atoms with Crippen molar-refractivity contribution in [3.05, 3.63) is 17.8 Å². The molecular weight excluding hydrogens is 370 g/mol. The summed E-state index contributed by atoms with van der Waals surface area (Å²) < 4.78 is 0.782. The molecule has 0 atom stereocenters. The van der Waals surface area contributed by atoms with E-state index in [9.17, 15) is 9.59 Å². The third-order valence-corrected chi connectivity index (χ3v) is 6.51. The van der Waals surface area contributed by atoms with E-state index < -0.39 is 5.97 Å². The molecule has 1 heterocycles. The Balaban J connectivity index is 2.01. The van der Waals surface area contributed by atoms with Gasteiger partial charge in [0.2, 0.25) is 0 Å². The van der Waals surface area contributed by atoms with Gasteiger partial charge in [-0.05, 0) is 45.4 Å². The van der Waals surface area contributed by atoms with Gasteiger partial charge in [-0.1, -0.05) is 29.9 Å². The van der Waals surface area contributed by atoms with Crippen molar-refractivity contribution < 1.29 is 14.7 Å². The fourth-order valence-electron chi connectivity index (χ4n) is 2.91. The number of carbonyl (C=O) groups excluding carboxylic acids is 1. The molecule has 26 heavy (non-hydrogen) atoms. The Hall–Kier alpha value is -1.54. The topological polar surface area (TPSA) is 82.5 Å². The molecule has 1 saturated carbocycles. The van der Waals surface area contributed by atoms with Gasteiger partial charge in [-0.15, -0.1) is 11.8 Å². The van der Waals surface area contributed by atoms with Gasteiger partial charge in [-0.25, -0.2) is 9.78 Å². The molecule has 2 rings (SSSR count). The maximum atomic E-state index is 12.8. The van der Waals surface area contributed by atoms with Crippen LogP contribution in [0.25, 0.3) is 0 Å². The normalized spacial score (nSPS) is 19.7. The van der Waals surface area contributed by atoms with Crippen molar-refractivity contribution in [1.82, 2.24) is 9.88 Å². The standard InChI is InChI=1S/C18H27N3O3S2/c1-12(2)8-9-21(14-6-4-13(3)5-7-14)18(24)20-17-19-10-16(26-17)25-11-15(22)23/h8,10,13-14H,4-7,9,11H2,1-3H3,(H,22,23)(H,19,20,24). The zero-order chi connectivity index (χ0) is 19.1. The SMILES string of the molecule is CC(C)=CCN(C(=O)Nc1ncc(SCC(=O)O)s1)C1CCC(C)CC1. The van der Waals surface area contributed by atoms with Crippen LogP contribution in [0.15, 0.2) is 22.1 Å². The number of carboxylic acid groups (broad SMARTS) is 1. The third-order valence-electron chi connectivity index (χ3n) is 4.42. The minimum absolute atomic E-state index is 0.0114. The van der Waals surface area contributed by atoms with E-state index in [0.717, 1.165) is 35.8 Å². The molecular formula is C18H27N3O3S2. The van der Waals surface area contributed by atoms with E-state index in [-0.39, 0.29) is 17.8 Å². The largest absolute Gasteiger partial charge is 0.481 e. The smallest absolute Gasteiger partial charge is 0.324 e. The monoisotopic (exact) mass is 397 g/mol. The number of hydrogen-bond acceptors (Lipinski definition) is 5. The lowest BCUT2D eigenvalue weighted by Crippen LogP contribution is -2.44. The highest BCUT2D eigenvalue weighted by molar-refractivity contribution is 8.01. The van der Waals surface area contributed by atoms with E-state index in [4.69, 9.17) is 5.11 Å². The average molecular weight is 398 g/mol. The van der Waals surface area contributed by atoms with Gasteiger partial charge in [0.05, 0.1) is 16.2 Å². The van der Waals surface area contributed by atoms with Crippen LogP contribution in [0.5, 0.6) is 0 Å². The number of thioether (sulfide) groups is 1. The molecule has 2 N–H and O–H groups in total. The summed E-state index contributed by atoms with van der Waals surface area (Å²) in [5.74, 6) is -0.150. The Labute approximate surface area is 163 Å². The van der Waals surface area contributed by atoms with Gasteiger partial charge >= 0.3 is 12.0 Å². The van der Waals surface area contributed by atoms with E-state index >= 15 is 0 Å². The second-order valence-corrected chi connectivity index (χ2v) is 9.25. The number of allylic oxidation sites excluding steroid dienone is 1. The number of amides is 2. The molecule has 1 aromatic rings. The van der Waals surface area contributed by atoms with Gasteiger partial charge in [0.15, 0.2) is 5.13 Å². The van der Waals surface area contributed by atoms with Crippen LogP contribution in [0.4, 0.5) is 9.93 Å². The number of rotatable bonds is 7. The zero-order valence-corrected chi connectivity index (χ0v) is 17.2. The maximum absolute atomic E-state index is 12.8. The van der Waals surface area contributed by atoms with Gasteiger partial charge in [0, 0.05) is 12.6 Å². The van der Waals surface area contributed by atoms with Crippen LogP contribution in [0, 0.1) is 5.92 Å². The number of anilines is 1. The molecule has 8 heteroatoms. The first-order chi connectivity index (χ1) is 12.3. The molecule has 0 bridgehead atoms. The van der Waals surface area contributed by atoms with Crippen molar-refractivity contribution in [3.63, 3.8) is 0 Å². The molecule has 0 saturated heterocycles. The van der Waals surface area contributed by atoms with Gasteiger partial charge in [-0.2, -0.15) is 0 Å². The molecule has 6 nitrogen and oxygen atoms in total. The number of aromatic nitrogens is 1. The van der Waals surface area contributed by atoms with E-state index in [1.54, 1.807) is 6.20 Å². The summed E-state index contributed by atoms with van der Waals surface area (Å²) in [5, 5.41) is 12.1. The Kier molecular flexibility index (Phi) is 7.96. The van der Waals surface area contributed by atoms with E-state index in [2.05, 4.69) is 23.3 Å². The van der Waals surface area contributed by atoms with Crippen LogP contribution in [0.2, 0.25) is 0 Å². The van der Waals surface area contributed by atoms with E-state index in [0.29, 0.717) is 11.7 Å². The summed E-state index contributed by atoms with van der Waals surface area (Å²) in [6.45, 7) is 6.93. The summed E-state index contributed by atoms with van der Waals surface area (Å²) in [7, 11) is 0. The highest BCUT2D eigenvalue weighted by Gasteiger charge is 2.27. The number of nitrogens with one attached hydrogen (secondary N) is 1.